The summed E-state index contributed by atoms with van der Waals surface area (Å²) in [5, 5.41) is 11.0. The fourth-order valence-electron chi connectivity index (χ4n) is 2.07. The van der Waals surface area contributed by atoms with E-state index in [1.54, 1.807) is 31.9 Å². The first-order chi connectivity index (χ1) is 9.90. The largest absolute Gasteiger partial charge is 0.319 e. The molecular weight excluding hydrogens is 292 g/mol. The maximum absolute atomic E-state index is 12.2. The molecule has 0 bridgehead atoms. The van der Waals surface area contributed by atoms with Gasteiger partial charge in [0.25, 0.3) is 10.2 Å². The second-order valence-corrected chi connectivity index (χ2v) is 7.36. The van der Waals surface area contributed by atoms with Gasteiger partial charge in [-0.1, -0.05) is 0 Å². The van der Waals surface area contributed by atoms with E-state index in [1.807, 2.05) is 0 Å². The van der Waals surface area contributed by atoms with Gasteiger partial charge in [0.05, 0.1) is 6.04 Å². The second-order valence-electron chi connectivity index (χ2n) is 5.55. The molecule has 0 radical (unpaired) electrons. The lowest BCUT2D eigenvalue weighted by molar-refractivity contribution is 0.435. The first-order valence-electron chi connectivity index (χ1n) is 7.21. The zero-order chi connectivity index (χ0) is 15.5. The van der Waals surface area contributed by atoms with Crippen molar-refractivity contribution in [3.63, 3.8) is 0 Å². The number of nitrogens with one attached hydrogen (secondary N) is 2. The van der Waals surface area contributed by atoms with Crippen molar-refractivity contribution in [3.05, 3.63) is 12.2 Å². The average molecular weight is 316 g/mol. The third kappa shape index (κ3) is 4.73. The summed E-state index contributed by atoms with van der Waals surface area (Å²) in [5.41, 5.74) is 0. The maximum Gasteiger partial charge on any atom is 0.279 e. The van der Waals surface area contributed by atoms with Gasteiger partial charge in [0.15, 0.2) is 5.82 Å². The van der Waals surface area contributed by atoms with Crippen molar-refractivity contribution in [3.8, 4) is 0 Å². The number of hydrogen-bond acceptors (Lipinski definition) is 5. The maximum atomic E-state index is 12.2. The predicted molar refractivity (Wildman–Crippen MR) is 79.7 cm³/mol. The summed E-state index contributed by atoms with van der Waals surface area (Å²) in [6.45, 7) is 3.09. The number of nitrogens with zero attached hydrogens (tertiary/aromatic N) is 4. The van der Waals surface area contributed by atoms with Crippen molar-refractivity contribution in [1.29, 1.82) is 0 Å². The molecule has 1 heterocycles. The molecule has 2 rings (SSSR count). The topological polar surface area (TPSA) is 92.2 Å². The molecule has 1 atom stereocenters. The summed E-state index contributed by atoms with van der Waals surface area (Å²) in [6.07, 6.45) is 4.83. The molecule has 1 unspecified atom stereocenters. The summed E-state index contributed by atoms with van der Waals surface area (Å²) in [5.74, 6) is 0.586. The summed E-state index contributed by atoms with van der Waals surface area (Å²) >= 11 is 0. The van der Waals surface area contributed by atoms with Crippen LogP contribution in [0.1, 0.15) is 38.1 Å². The molecule has 2 N–H and O–H groups in total. The Morgan fingerprint density at radius 1 is 1.52 bits per heavy atom. The van der Waals surface area contributed by atoms with Crippen LogP contribution in [-0.2, 0) is 17.3 Å². The van der Waals surface area contributed by atoms with Gasteiger partial charge in [-0.2, -0.15) is 17.4 Å². The van der Waals surface area contributed by atoms with Gasteiger partial charge in [0.2, 0.25) is 0 Å². The zero-order valence-electron chi connectivity index (χ0n) is 12.8. The third-order valence-electron chi connectivity index (χ3n) is 3.53. The highest BCUT2D eigenvalue weighted by atomic mass is 32.2. The molecule has 120 valence electrons. The molecule has 21 heavy (non-hydrogen) atoms. The molecule has 0 aromatic carbocycles. The van der Waals surface area contributed by atoms with Crippen LogP contribution in [0.15, 0.2) is 6.33 Å². The molecule has 1 aromatic rings. The van der Waals surface area contributed by atoms with Gasteiger partial charge in [0.1, 0.15) is 6.33 Å². The second kappa shape index (κ2) is 6.82. The van der Waals surface area contributed by atoms with E-state index in [0.717, 1.165) is 13.0 Å². The normalized spacial score (nSPS) is 17.3. The fourth-order valence-corrected chi connectivity index (χ4v) is 3.17. The molecule has 9 heteroatoms. The van der Waals surface area contributed by atoms with Crippen LogP contribution >= 0.6 is 0 Å². The summed E-state index contributed by atoms with van der Waals surface area (Å²) in [6, 6.07) is 0.232. The zero-order valence-corrected chi connectivity index (χ0v) is 13.6. The molecule has 1 saturated carbocycles. The molecule has 1 aliphatic carbocycles. The van der Waals surface area contributed by atoms with Crippen LogP contribution < -0.4 is 10.0 Å². The van der Waals surface area contributed by atoms with Gasteiger partial charge < -0.3 is 9.88 Å². The first-order valence-corrected chi connectivity index (χ1v) is 8.65. The molecule has 0 saturated heterocycles. The van der Waals surface area contributed by atoms with E-state index in [9.17, 15) is 8.42 Å². The molecule has 8 nitrogen and oxygen atoms in total. The Morgan fingerprint density at radius 2 is 2.24 bits per heavy atom. The van der Waals surface area contributed by atoms with Crippen molar-refractivity contribution in [2.24, 2.45) is 7.05 Å². The average Bonchev–Trinajstić information content (AvgIpc) is 3.13. The fraction of sp³-hybridized carbons (Fsp3) is 0.833. The highest BCUT2D eigenvalue weighted by Crippen LogP contribution is 2.18. The van der Waals surface area contributed by atoms with E-state index >= 15 is 0 Å². The predicted octanol–water partition coefficient (Wildman–Crippen LogP) is -0.216. The van der Waals surface area contributed by atoms with Gasteiger partial charge in [-0.05, 0) is 32.7 Å². The minimum atomic E-state index is -3.51. The molecular formula is C12H24N6O2S. The van der Waals surface area contributed by atoms with Crippen LogP contribution in [0.5, 0.6) is 0 Å². The van der Waals surface area contributed by atoms with E-state index < -0.39 is 16.3 Å². The van der Waals surface area contributed by atoms with Gasteiger partial charge in [-0.15, -0.1) is 10.2 Å². The van der Waals surface area contributed by atoms with E-state index in [1.165, 1.54) is 17.1 Å². The Kier molecular flexibility index (Phi) is 5.31. The Balaban J connectivity index is 1.80. The van der Waals surface area contributed by atoms with Gasteiger partial charge in [0, 0.05) is 26.7 Å². The van der Waals surface area contributed by atoms with Crippen LogP contribution in [0.3, 0.4) is 0 Å². The Morgan fingerprint density at radius 3 is 2.81 bits per heavy atom. The van der Waals surface area contributed by atoms with Crippen LogP contribution in [0, 0.1) is 0 Å². The lowest BCUT2D eigenvalue weighted by atomic mass is 10.3. The lowest BCUT2D eigenvalue weighted by Crippen LogP contribution is -2.41. The number of hydrogen-bond donors (Lipinski definition) is 2. The van der Waals surface area contributed by atoms with Gasteiger partial charge in [-0.3, -0.25) is 0 Å². The van der Waals surface area contributed by atoms with Gasteiger partial charge >= 0.3 is 0 Å². The smallest absolute Gasteiger partial charge is 0.279 e. The Labute approximate surface area is 126 Å². The number of aryl methyl sites for hydroxylation is 1. The van der Waals surface area contributed by atoms with Crippen LogP contribution in [-0.4, -0.2) is 53.7 Å². The van der Waals surface area contributed by atoms with E-state index in [-0.39, 0.29) is 0 Å². The van der Waals surface area contributed by atoms with Crippen molar-refractivity contribution >= 4 is 10.2 Å². The van der Waals surface area contributed by atoms with Crippen LogP contribution in [0.25, 0.3) is 0 Å². The molecule has 0 spiro atoms. The van der Waals surface area contributed by atoms with Crippen LogP contribution in [0.2, 0.25) is 0 Å². The minimum Gasteiger partial charge on any atom is -0.319 e. The van der Waals surface area contributed by atoms with E-state index in [4.69, 9.17) is 0 Å². The van der Waals surface area contributed by atoms with Crippen LogP contribution in [0.4, 0.5) is 0 Å². The van der Waals surface area contributed by atoms with E-state index in [2.05, 4.69) is 20.2 Å². The molecule has 0 aliphatic heterocycles. The minimum absolute atomic E-state index is 0.422. The van der Waals surface area contributed by atoms with E-state index in [0.29, 0.717) is 18.4 Å². The highest BCUT2D eigenvalue weighted by molar-refractivity contribution is 7.87. The quantitative estimate of drug-likeness (QED) is 0.615. The number of aromatic nitrogens is 3. The van der Waals surface area contributed by atoms with Gasteiger partial charge in [-0.25, -0.2) is 0 Å². The highest BCUT2D eigenvalue weighted by Gasteiger charge is 2.23. The molecule has 1 fully saturated rings. The molecule has 0 amide bonds. The third-order valence-corrected chi connectivity index (χ3v) is 5.18. The summed E-state index contributed by atoms with van der Waals surface area (Å²) in [4.78, 5) is 0. The number of rotatable bonds is 9. The standard InChI is InChI=1S/C12H24N6O2S/c1-10(12-15-14-9-17(12)2)16-21(19,20)18(3)8-4-7-13-11-5-6-11/h9-11,13,16H,4-8H2,1-3H3. The Hall–Kier alpha value is -1.03. The lowest BCUT2D eigenvalue weighted by Gasteiger charge is -2.20. The van der Waals surface area contributed by atoms with Crippen molar-refractivity contribution in [2.45, 2.75) is 38.3 Å². The monoisotopic (exact) mass is 316 g/mol. The molecule has 1 aliphatic rings. The SMILES string of the molecule is CC(NS(=O)(=O)N(C)CCCNC1CC1)c1nncn1C. The summed E-state index contributed by atoms with van der Waals surface area (Å²) < 4.78 is 30.1. The van der Waals surface area contributed by atoms with Crippen molar-refractivity contribution in [2.75, 3.05) is 20.1 Å². The first kappa shape index (κ1) is 16.3. The molecule has 1 aromatic heterocycles. The van der Waals surface area contributed by atoms with Crippen molar-refractivity contribution in [1.82, 2.24) is 29.1 Å². The van der Waals surface area contributed by atoms with Crippen molar-refractivity contribution < 1.29 is 8.42 Å². The summed E-state index contributed by atoms with van der Waals surface area (Å²) in [7, 11) is -0.142. The Bertz CT molecular complexity index is 554.